The standard InChI is InChI=1S/C21H34N4O.HI/c1-4-22-21(23-15-14-20(26)25(5-2)6-3)24-16-18-12-9-11-17-10-7-8-13-19(17)18;/h7-8,10,13,18H,4-6,9,11-12,14-16H2,1-3H3,(H2,22,23,24);1H. The number of hydrogen-bond donors (Lipinski definition) is 2. The summed E-state index contributed by atoms with van der Waals surface area (Å²) in [5.41, 5.74) is 2.93. The average Bonchev–Trinajstić information content (AvgIpc) is 2.67. The second kappa shape index (κ2) is 13.0. The predicted molar refractivity (Wildman–Crippen MR) is 124 cm³/mol. The SMILES string of the molecule is CCNC(=NCC1CCCc2ccccc21)NCCC(=O)N(CC)CC.I. The molecular formula is C21H35IN4O. The Morgan fingerprint density at radius 2 is 1.93 bits per heavy atom. The van der Waals surface area contributed by atoms with Gasteiger partial charge in [-0.25, -0.2) is 0 Å². The van der Waals surface area contributed by atoms with E-state index >= 15 is 0 Å². The Hall–Kier alpha value is -1.31. The molecule has 2 rings (SSSR count). The van der Waals surface area contributed by atoms with Crippen LogP contribution in [0.5, 0.6) is 0 Å². The first-order valence-corrected chi connectivity index (χ1v) is 10.1. The van der Waals surface area contributed by atoms with Crippen molar-refractivity contribution in [2.45, 2.75) is 52.4 Å². The molecule has 1 aromatic rings. The first kappa shape index (κ1) is 23.7. The zero-order valence-electron chi connectivity index (χ0n) is 17.0. The molecule has 27 heavy (non-hydrogen) atoms. The molecule has 1 unspecified atom stereocenters. The van der Waals surface area contributed by atoms with Gasteiger partial charge in [-0.15, -0.1) is 24.0 Å². The highest BCUT2D eigenvalue weighted by molar-refractivity contribution is 14.0. The van der Waals surface area contributed by atoms with E-state index in [9.17, 15) is 4.79 Å². The third-order valence-corrected chi connectivity index (χ3v) is 5.06. The van der Waals surface area contributed by atoms with Crippen LogP contribution in [0.25, 0.3) is 0 Å². The fraction of sp³-hybridized carbons (Fsp3) is 0.619. The van der Waals surface area contributed by atoms with E-state index in [1.807, 2.05) is 18.7 Å². The summed E-state index contributed by atoms with van der Waals surface area (Å²) in [4.78, 5) is 18.8. The lowest BCUT2D eigenvalue weighted by atomic mass is 9.83. The molecule has 2 N–H and O–H groups in total. The fourth-order valence-electron chi connectivity index (χ4n) is 3.61. The second-order valence-electron chi connectivity index (χ2n) is 6.75. The van der Waals surface area contributed by atoms with E-state index < -0.39 is 0 Å². The summed E-state index contributed by atoms with van der Waals surface area (Å²) in [6.45, 7) is 9.85. The smallest absolute Gasteiger partial charge is 0.224 e. The Labute approximate surface area is 181 Å². The van der Waals surface area contributed by atoms with Gasteiger partial charge in [0.25, 0.3) is 0 Å². The monoisotopic (exact) mass is 486 g/mol. The van der Waals surface area contributed by atoms with Crippen molar-refractivity contribution in [1.82, 2.24) is 15.5 Å². The zero-order chi connectivity index (χ0) is 18.8. The second-order valence-corrected chi connectivity index (χ2v) is 6.75. The van der Waals surface area contributed by atoms with Gasteiger partial charge >= 0.3 is 0 Å². The van der Waals surface area contributed by atoms with Crippen molar-refractivity contribution in [2.24, 2.45) is 4.99 Å². The number of halogens is 1. The number of guanidine groups is 1. The summed E-state index contributed by atoms with van der Waals surface area (Å²) >= 11 is 0. The van der Waals surface area contributed by atoms with Gasteiger partial charge < -0.3 is 15.5 Å². The van der Waals surface area contributed by atoms with Gasteiger partial charge in [0, 0.05) is 45.1 Å². The number of fused-ring (bicyclic) bond motifs is 1. The molecule has 0 aromatic heterocycles. The van der Waals surface area contributed by atoms with E-state index in [0.29, 0.717) is 18.9 Å². The first-order valence-electron chi connectivity index (χ1n) is 10.1. The van der Waals surface area contributed by atoms with E-state index in [-0.39, 0.29) is 29.9 Å². The van der Waals surface area contributed by atoms with E-state index in [1.165, 1.54) is 30.4 Å². The Kier molecular flexibility index (Phi) is 11.4. The normalized spacial score (nSPS) is 16.1. The maximum atomic E-state index is 12.1. The molecule has 0 bridgehead atoms. The van der Waals surface area contributed by atoms with Crippen molar-refractivity contribution in [3.05, 3.63) is 35.4 Å². The number of aliphatic imine (C=N–C) groups is 1. The molecule has 0 radical (unpaired) electrons. The lowest BCUT2D eigenvalue weighted by Gasteiger charge is -2.24. The van der Waals surface area contributed by atoms with Gasteiger partial charge in [-0.05, 0) is 51.2 Å². The van der Waals surface area contributed by atoms with Crippen LogP contribution in [0.2, 0.25) is 0 Å². The molecule has 6 heteroatoms. The molecule has 1 atom stereocenters. The van der Waals surface area contributed by atoms with Crippen molar-refractivity contribution in [2.75, 3.05) is 32.7 Å². The Morgan fingerprint density at radius 3 is 2.63 bits per heavy atom. The quantitative estimate of drug-likeness (QED) is 0.336. The Balaban J connectivity index is 0.00000364. The molecule has 152 valence electrons. The number of benzene rings is 1. The third kappa shape index (κ3) is 7.31. The van der Waals surface area contributed by atoms with Crippen molar-refractivity contribution in [1.29, 1.82) is 0 Å². The minimum atomic E-state index is 0. The molecular weight excluding hydrogens is 451 g/mol. The molecule has 0 spiro atoms. The number of carbonyl (C=O) groups excluding carboxylic acids is 1. The first-order chi connectivity index (χ1) is 12.7. The number of aryl methyl sites for hydroxylation is 1. The summed E-state index contributed by atoms with van der Waals surface area (Å²) in [5.74, 6) is 1.50. The van der Waals surface area contributed by atoms with Crippen molar-refractivity contribution < 1.29 is 4.79 Å². The van der Waals surface area contributed by atoms with Crippen molar-refractivity contribution in [3.8, 4) is 0 Å². The molecule has 1 amide bonds. The molecule has 0 fully saturated rings. The van der Waals surface area contributed by atoms with Gasteiger partial charge in [0.1, 0.15) is 0 Å². The molecule has 1 aliphatic rings. The fourth-order valence-corrected chi connectivity index (χ4v) is 3.61. The summed E-state index contributed by atoms with van der Waals surface area (Å²) in [7, 11) is 0. The van der Waals surface area contributed by atoms with Crippen LogP contribution >= 0.6 is 24.0 Å². The molecule has 0 heterocycles. The van der Waals surface area contributed by atoms with Gasteiger partial charge in [-0.3, -0.25) is 9.79 Å². The van der Waals surface area contributed by atoms with Crippen LogP contribution in [0.15, 0.2) is 29.3 Å². The molecule has 0 saturated carbocycles. The molecule has 5 nitrogen and oxygen atoms in total. The lowest BCUT2D eigenvalue weighted by molar-refractivity contribution is -0.130. The number of hydrogen-bond acceptors (Lipinski definition) is 2. The molecule has 1 aromatic carbocycles. The molecule has 0 saturated heterocycles. The van der Waals surface area contributed by atoms with Gasteiger partial charge in [0.05, 0.1) is 0 Å². The summed E-state index contributed by atoms with van der Waals surface area (Å²) in [5, 5.41) is 6.60. The minimum Gasteiger partial charge on any atom is -0.357 e. The van der Waals surface area contributed by atoms with Crippen LogP contribution in [-0.2, 0) is 11.2 Å². The van der Waals surface area contributed by atoms with Gasteiger partial charge in [-0.1, -0.05) is 24.3 Å². The highest BCUT2D eigenvalue weighted by Crippen LogP contribution is 2.31. The number of amides is 1. The van der Waals surface area contributed by atoms with Crippen molar-refractivity contribution in [3.63, 3.8) is 0 Å². The van der Waals surface area contributed by atoms with Crippen molar-refractivity contribution >= 4 is 35.8 Å². The molecule has 0 aliphatic heterocycles. The largest absolute Gasteiger partial charge is 0.357 e. The maximum absolute atomic E-state index is 12.1. The topological polar surface area (TPSA) is 56.7 Å². The number of carbonyl (C=O) groups is 1. The zero-order valence-corrected chi connectivity index (χ0v) is 19.3. The summed E-state index contributed by atoms with van der Waals surface area (Å²) in [6.07, 6.45) is 4.11. The van der Waals surface area contributed by atoms with E-state index in [2.05, 4.69) is 41.8 Å². The van der Waals surface area contributed by atoms with Gasteiger partial charge in [0.2, 0.25) is 5.91 Å². The predicted octanol–water partition coefficient (Wildman–Crippen LogP) is 3.54. The Morgan fingerprint density at radius 1 is 1.19 bits per heavy atom. The van der Waals surface area contributed by atoms with Crippen LogP contribution < -0.4 is 10.6 Å². The van der Waals surface area contributed by atoms with E-state index in [0.717, 1.165) is 32.1 Å². The van der Waals surface area contributed by atoms with E-state index in [4.69, 9.17) is 4.99 Å². The number of nitrogens with zero attached hydrogens (tertiary/aromatic N) is 2. The van der Waals surface area contributed by atoms with Crippen LogP contribution in [0.3, 0.4) is 0 Å². The molecule has 1 aliphatic carbocycles. The maximum Gasteiger partial charge on any atom is 0.224 e. The summed E-state index contributed by atoms with van der Waals surface area (Å²) in [6, 6.07) is 8.75. The lowest BCUT2D eigenvalue weighted by Crippen LogP contribution is -2.40. The highest BCUT2D eigenvalue weighted by atomic mass is 127. The summed E-state index contributed by atoms with van der Waals surface area (Å²) < 4.78 is 0. The Bertz CT molecular complexity index is 602. The average molecular weight is 486 g/mol. The third-order valence-electron chi connectivity index (χ3n) is 5.06. The minimum absolute atomic E-state index is 0. The highest BCUT2D eigenvalue weighted by Gasteiger charge is 2.19. The number of nitrogens with one attached hydrogen (secondary N) is 2. The van der Waals surface area contributed by atoms with E-state index in [1.54, 1.807) is 0 Å². The van der Waals surface area contributed by atoms with Gasteiger partial charge in [-0.2, -0.15) is 0 Å². The van der Waals surface area contributed by atoms with Crippen LogP contribution in [0, 0.1) is 0 Å². The van der Waals surface area contributed by atoms with Crippen LogP contribution in [0.1, 0.15) is 57.1 Å². The van der Waals surface area contributed by atoms with Crippen LogP contribution in [0.4, 0.5) is 0 Å². The number of rotatable bonds is 8. The van der Waals surface area contributed by atoms with Gasteiger partial charge in [0.15, 0.2) is 5.96 Å². The van der Waals surface area contributed by atoms with Crippen LogP contribution in [-0.4, -0.2) is 49.5 Å².